The summed E-state index contributed by atoms with van der Waals surface area (Å²) >= 11 is 0. The molecule has 2 rings (SSSR count). The Hall–Kier alpha value is -2.43. The predicted molar refractivity (Wildman–Crippen MR) is 69.1 cm³/mol. The van der Waals surface area contributed by atoms with Crippen molar-refractivity contribution in [3.63, 3.8) is 0 Å². The molecule has 2 aromatic rings. The molecule has 0 spiro atoms. The molecule has 0 aliphatic carbocycles. The van der Waals surface area contributed by atoms with E-state index in [9.17, 15) is 9.90 Å². The fourth-order valence-electron chi connectivity index (χ4n) is 1.82. The number of ether oxygens (including phenoxy) is 1. The second kappa shape index (κ2) is 5.06. The zero-order valence-corrected chi connectivity index (χ0v) is 10.7. The van der Waals surface area contributed by atoms with Crippen molar-refractivity contribution >= 4 is 5.97 Å². The van der Waals surface area contributed by atoms with Gasteiger partial charge in [-0.15, -0.1) is 0 Å². The molecule has 0 saturated heterocycles. The molecule has 1 unspecified atom stereocenters. The van der Waals surface area contributed by atoms with Crippen molar-refractivity contribution in [1.82, 2.24) is 9.97 Å². The quantitative estimate of drug-likeness (QED) is 0.906. The lowest BCUT2D eigenvalue weighted by molar-refractivity contribution is -0.141. The number of rotatable bonds is 4. The van der Waals surface area contributed by atoms with Crippen LogP contribution < -0.4 is 4.74 Å². The average molecular weight is 258 g/mol. The number of carboxylic acid groups (broad SMARTS) is 1. The third kappa shape index (κ3) is 2.27. The Morgan fingerprint density at radius 3 is 2.53 bits per heavy atom. The van der Waals surface area contributed by atoms with Crippen molar-refractivity contribution in [3.05, 3.63) is 54.0 Å². The highest BCUT2D eigenvalue weighted by Gasteiger charge is 2.40. The zero-order valence-electron chi connectivity index (χ0n) is 10.7. The molecule has 98 valence electrons. The molecule has 19 heavy (non-hydrogen) atoms. The number of benzene rings is 1. The van der Waals surface area contributed by atoms with Crippen LogP contribution in [0, 0.1) is 0 Å². The van der Waals surface area contributed by atoms with Crippen molar-refractivity contribution in [2.75, 3.05) is 7.11 Å². The minimum Gasteiger partial charge on any atom is -0.481 e. The normalized spacial score (nSPS) is 13.6. The topological polar surface area (TPSA) is 72.3 Å². The number of carbonyl (C=O) groups is 1. The maximum atomic E-state index is 11.7. The lowest BCUT2D eigenvalue weighted by Gasteiger charge is -2.23. The van der Waals surface area contributed by atoms with Crippen molar-refractivity contribution in [2.24, 2.45) is 0 Å². The Morgan fingerprint density at radius 1 is 1.26 bits per heavy atom. The Morgan fingerprint density at radius 2 is 1.95 bits per heavy atom. The molecule has 1 heterocycles. The zero-order chi connectivity index (χ0) is 13.9. The van der Waals surface area contributed by atoms with Gasteiger partial charge in [-0.2, -0.15) is 4.98 Å². The van der Waals surface area contributed by atoms with Gasteiger partial charge < -0.3 is 9.84 Å². The molecule has 1 aromatic heterocycles. The Kier molecular flexibility index (Phi) is 3.46. The van der Waals surface area contributed by atoms with Crippen LogP contribution in [-0.4, -0.2) is 28.2 Å². The van der Waals surface area contributed by atoms with E-state index in [2.05, 4.69) is 9.97 Å². The summed E-state index contributed by atoms with van der Waals surface area (Å²) in [6.45, 7) is 1.58. The summed E-state index contributed by atoms with van der Waals surface area (Å²) in [4.78, 5) is 19.9. The van der Waals surface area contributed by atoms with Crippen LogP contribution in [0.5, 0.6) is 5.88 Å². The number of hydrogen-bond acceptors (Lipinski definition) is 4. The van der Waals surface area contributed by atoms with Crippen LogP contribution in [0.2, 0.25) is 0 Å². The van der Waals surface area contributed by atoms with E-state index < -0.39 is 11.4 Å². The van der Waals surface area contributed by atoms with Crippen LogP contribution in [0.4, 0.5) is 0 Å². The lowest BCUT2D eigenvalue weighted by Crippen LogP contribution is -2.35. The van der Waals surface area contributed by atoms with Crippen molar-refractivity contribution < 1.29 is 14.6 Å². The Labute approximate surface area is 110 Å². The summed E-state index contributed by atoms with van der Waals surface area (Å²) in [7, 11) is 1.48. The molecule has 0 aliphatic heterocycles. The van der Waals surface area contributed by atoms with Gasteiger partial charge in [-0.1, -0.05) is 30.3 Å². The Bertz CT molecular complexity index is 586. The van der Waals surface area contributed by atoms with Crippen LogP contribution in [0.15, 0.2) is 42.6 Å². The molecule has 0 amide bonds. The highest BCUT2D eigenvalue weighted by Crippen LogP contribution is 2.30. The summed E-state index contributed by atoms with van der Waals surface area (Å²) in [5, 5.41) is 9.58. The van der Waals surface area contributed by atoms with Crippen LogP contribution in [-0.2, 0) is 10.2 Å². The molecule has 0 saturated carbocycles. The van der Waals surface area contributed by atoms with Crippen LogP contribution >= 0.6 is 0 Å². The summed E-state index contributed by atoms with van der Waals surface area (Å²) < 4.78 is 5.02. The van der Waals surface area contributed by atoms with Gasteiger partial charge >= 0.3 is 5.97 Å². The van der Waals surface area contributed by atoms with E-state index in [1.807, 2.05) is 6.07 Å². The van der Waals surface area contributed by atoms with E-state index in [1.54, 1.807) is 37.3 Å². The first kappa shape index (κ1) is 13.0. The van der Waals surface area contributed by atoms with Gasteiger partial charge in [-0.3, -0.25) is 4.79 Å². The van der Waals surface area contributed by atoms with Gasteiger partial charge in [-0.25, -0.2) is 4.98 Å². The van der Waals surface area contributed by atoms with Crippen molar-refractivity contribution in [2.45, 2.75) is 12.3 Å². The van der Waals surface area contributed by atoms with E-state index in [4.69, 9.17) is 4.74 Å². The number of aromatic nitrogens is 2. The predicted octanol–water partition coefficient (Wildman–Crippen LogP) is 1.88. The molecular formula is C14H14N2O3. The molecule has 0 fully saturated rings. The summed E-state index contributed by atoms with van der Waals surface area (Å²) in [6.07, 6.45) is 1.49. The molecule has 0 radical (unpaired) electrons. The van der Waals surface area contributed by atoms with E-state index >= 15 is 0 Å². The number of carboxylic acids is 1. The average Bonchev–Trinajstić information content (AvgIpc) is 2.47. The second-order valence-electron chi connectivity index (χ2n) is 4.22. The number of aliphatic carboxylic acids is 1. The van der Waals surface area contributed by atoms with Gasteiger partial charge in [-0.05, 0) is 12.5 Å². The smallest absolute Gasteiger partial charge is 0.321 e. The molecule has 5 heteroatoms. The highest BCUT2D eigenvalue weighted by molar-refractivity contribution is 5.84. The molecule has 5 nitrogen and oxygen atoms in total. The number of nitrogens with zero attached hydrogens (tertiary/aromatic N) is 2. The lowest BCUT2D eigenvalue weighted by atomic mass is 9.81. The van der Waals surface area contributed by atoms with Gasteiger partial charge in [0.25, 0.3) is 0 Å². The molecule has 0 aliphatic rings. The fraction of sp³-hybridized carbons (Fsp3) is 0.214. The van der Waals surface area contributed by atoms with Crippen LogP contribution in [0.3, 0.4) is 0 Å². The van der Waals surface area contributed by atoms with Gasteiger partial charge in [0.2, 0.25) is 5.88 Å². The van der Waals surface area contributed by atoms with Crippen LogP contribution in [0.1, 0.15) is 18.3 Å². The third-order valence-corrected chi connectivity index (χ3v) is 3.07. The van der Waals surface area contributed by atoms with Gasteiger partial charge in [0, 0.05) is 12.3 Å². The SMILES string of the molecule is COc1ccnc(C(C)(C(=O)O)c2ccccc2)n1. The van der Waals surface area contributed by atoms with Gasteiger partial charge in [0.05, 0.1) is 7.11 Å². The minimum atomic E-state index is -1.31. The minimum absolute atomic E-state index is 0.200. The van der Waals surface area contributed by atoms with E-state index in [-0.39, 0.29) is 5.82 Å². The molecule has 1 atom stereocenters. The summed E-state index contributed by atoms with van der Waals surface area (Å²) in [6, 6.07) is 10.5. The van der Waals surface area contributed by atoms with E-state index in [0.29, 0.717) is 11.4 Å². The molecule has 1 aromatic carbocycles. The third-order valence-electron chi connectivity index (χ3n) is 3.07. The van der Waals surface area contributed by atoms with Gasteiger partial charge in [0.15, 0.2) is 5.82 Å². The first-order chi connectivity index (χ1) is 9.09. The van der Waals surface area contributed by atoms with E-state index in [1.165, 1.54) is 13.3 Å². The molecular weight excluding hydrogens is 244 g/mol. The second-order valence-corrected chi connectivity index (χ2v) is 4.22. The van der Waals surface area contributed by atoms with Crippen molar-refractivity contribution in [1.29, 1.82) is 0 Å². The standard InChI is InChI=1S/C14H14N2O3/c1-14(13(17)18,10-6-4-3-5-7-10)12-15-9-8-11(16-12)19-2/h3-9H,1-2H3,(H,17,18). The number of methoxy groups -OCH3 is 1. The molecule has 1 N–H and O–H groups in total. The Balaban J connectivity index is 2.60. The maximum Gasteiger partial charge on any atom is 0.321 e. The largest absolute Gasteiger partial charge is 0.481 e. The van der Waals surface area contributed by atoms with Crippen LogP contribution in [0.25, 0.3) is 0 Å². The summed E-state index contributed by atoms with van der Waals surface area (Å²) in [5.41, 5.74) is -0.689. The monoisotopic (exact) mass is 258 g/mol. The maximum absolute atomic E-state index is 11.7. The van der Waals surface area contributed by atoms with E-state index in [0.717, 1.165) is 0 Å². The fourth-order valence-corrected chi connectivity index (χ4v) is 1.82. The van der Waals surface area contributed by atoms with Crippen molar-refractivity contribution in [3.8, 4) is 5.88 Å². The first-order valence-electron chi connectivity index (χ1n) is 5.75. The first-order valence-corrected chi connectivity index (χ1v) is 5.75. The molecule has 0 bridgehead atoms. The summed E-state index contributed by atoms with van der Waals surface area (Å²) in [5.74, 6) is -0.467. The number of hydrogen-bond donors (Lipinski definition) is 1. The highest BCUT2D eigenvalue weighted by atomic mass is 16.5. The van der Waals surface area contributed by atoms with Gasteiger partial charge in [0.1, 0.15) is 5.41 Å².